The molecule has 1 unspecified atom stereocenters. The monoisotopic (exact) mass is 210 g/mol. The summed E-state index contributed by atoms with van der Waals surface area (Å²) < 4.78 is 5.49. The smallest absolute Gasteiger partial charge is 0.122 e. The molecule has 0 amide bonds. The Bertz CT molecular complexity index is 325. The Balaban J connectivity index is 2.29. The highest BCUT2D eigenvalue weighted by Gasteiger charge is 2.13. The number of rotatable bonds is 2. The van der Waals surface area contributed by atoms with Crippen molar-refractivity contribution in [1.82, 2.24) is 0 Å². The van der Waals surface area contributed by atoms with E-state index in [-0.39, 0.29) is 0 Å². The molecule has 0 fully saturated rings. The van der Waals surface area contributed by atoms with Crippen LogP contribution in [0.25, 0.3) is 0 Å². The molecule has 1 aromatic carbocycles. The molecule has 0 aliphatic carbocycles. The van der Waals surface area contributed by atoms with Crippen LogP contribution >= 0.6 is 12.6 Å². The molecule has 1 heterocycles. The predicted molar refractivity (Wildman–Crippen MR) is 59.1 cm³/mol. The molecule has 0 saturated heterocycles. The minimum absolute atomic E-state index is 0.458. The first-order chi connectivity index (χ1) is 6.81. The van der Waals surface area contributed by atoms with E-state index in [0.717, 1.165) is 30.8 Å². The van der Waals surface area contributed by atoms with Crippen LogP contribution in [-0.2, 0) is 6.42 Å². The summed E-state index contributed by atoms with van der Waals surface area (Å²) >= 11 is 4.07. The van der Waals surface area contributed by atoms with Crippen LogP contribution in [0.5, 0.6) is 5.75 Å². The Morgan fingerprint density at radius 1 is 1.50 bits per heavy atom. The molecular formula is C11H14O2S. The van der Waals surface area contributed by atoms with E-state index >= 15 is 0 Å². The van der Waals surface area contributed by atoms with Crippen LogP contribution in [0.3, 0.4) is 0 Å². The summed E-state index contributed by atoms with van der Waals surface area (Å²) in [6, 6.07) is 5.87. The largest absolute Gasteiger partial charge is 0.493 e. The predicted octanol–water partition coefficient (Wildman–Crippen LogP) is 1.97. The third-order valence-corrected chi connectivity index (χ3v) is 2.84. The zero-order valence-corrected chi connectivity index (χ0v) is 8.83. The zero-order valence-electron chi connectivity index (χ0n) is 7.94. The van der Waals surface area contributed by atoms with Gasteiger partial charge in [0.05, 0.1) is 12.7 Å². The number of aryl methyl sites for hydroxylation is 1. The number of benzene rings is 1. The van der Waals surface area contributed by atoms with Crippen LogP contribution in [0.15, 0.2) is 18.2 Å². The Morgan fingerprint density at radius 3 is 3.14 bits per heavy atom. The zero-order chi connectivity index (χ0) is 9.97. The highest BCUT2D eigenvalue weighted by atomic mass is 32.1. The molecule has 14 heavy (non-hydrogen) atoms. The number of hydrogen-bond acceptors (Lipinski definition) is 3. The van der Waals surface area contributed by atoms with Crippen molar-refractivity contribution in [2.45, 2.75) is 18.9 Å². The Kier molecular flexibility index (Phi) is 2.99. The molecule has 1 N–H and O–H groups in total. The third-order valence-electron chi connectivity index (χ3n) is 2.49. The van der Waals surface area contributed by atoms with E-state index in [2.05, 4.69) is 12.6 Å². The number of aliphatic hydroxyl groups is 1. The number of ether oxygens (including phenoxy) is 1. The van der Waals surface area contributed by atoms with E-state index < -0.39 is 6.10 Å². The molecule has 2 rings (SSSR count). The van der Waals surface area contributed by atoms with Crippen LogP contribution in [0.1, 0.15) is 23.7 Å². The Morgan fingerprint density at radius 2 is 2.36 bits per heavy atom. The maximum Gasteiger partial charge on any atom is 0.122 e. The number of hydrogen-bond donors (Lipinski definition) is 2. The molecule has 0 spiro atoms. The summed E-state index contributed by atoms with van der Waals surface area (Å²) in [5.41, 5.74) is 2.14. The second-order valence-electron chi connectivity index (χ2n) is 3.52. The number of thiol groups is 1. The van der Waals surface area contributed by atoms with E-state index in [9.17, 15) is 5.11 Å². The minimum atomic E-state index is -0.467. The SMILES string of the molecule is OC(CS)c1ccc2c(c1)CCCO2. The van der Waals surface area contributed by atoms with Gasteiger partial charge in [0.1, 0.15) is 5.75 Å². The third kappa shape index (κ3) is 1.88. The van der Waals surface area contributed by atoms with Gasteiger partial charge in [0.15, 0.2) is 0 Å². The lowest BCUT2D eigenvalue weighted by Crippen LogP contribution is -2.09. The Labute approximate surface area is 89.3 Å². The van der Waals surface area contributed by atoms with Gasteiger partial charge in [-0.25, -0.2) is 0 Å². The van der Waals surface area contributed by atoms with E-state index in [1.165, 1.54) is 5.56 Å². The van der Waals surface area contributed by atoms with Gasteiger partial charge in [-0.15, -0.1) is 0 Å². The van der Waals surface area contributed by atoms with Gasteiger partial charge in [-0.1, -0.05) is 6.07 Å². The standard InChI is InChI=1S/C11H14O2S/c12-10(7-14)8-3-4-11-9(6-8)2-1-5-13-11/h3-4,6,10,12,14H,1-2,5,7H2. The van der Waals surface area contributed by atoms with Crippen molar-refractivity contribution < 1.29 is 9.84 Å². The number of fused-ring (bicyclic) bond motifs is 1. The van der Waals surface area contributed by atoms with Crippen molar-refractivity contribution in [3.8, 4) is 5.75 Å². The molecule has 0 radical (unpaired) electrons. The summed E-state index contributed by atoms with van der Waals surface area (Å²) in [6.07, 6.45) is 1.64. The van der Waals surface area contributed by atoms with Crippen molar-refractivity contribution in [3.63, 3.8) is 0 Å². The summed E-state index contributed by atoms with van der Waals surface area (Å²) in [4.78, 5) is 0. The lowest BCUT2D eigenvalue weighted by atomic mass is 10.0. The van der Waals surface area contributed by atoms with Crippen LogP contribution < -0.4 is 4.74 Å². The Hall–Kier alpha value is -0.670. The lowest BCUT2D eigenvalue weighted by Gasteiger charge is -2.18. The van der Waals surface area contributed by atoms with E-state index in [1.54, 1.807) is 0 Å². The van der Waals surface area contributed by atoms with Gasteiger partial charge in [-0.05, 0) is 36.1 Å². The highest BCUT2D eigenvalue weighted by Crippen LogP contribution is 2.27. The van der Waals surface area contributed by atoms with Crippen LogP contribution in [0.2, 0.25) is 0 Å². The van der Waals surface area contributed by atoms with Crippen LogP contribution in [0, 0.1) is 0 Å². The number of aliphatic hydroxyl groups excluding tert-OH is 1. The van der Waals surface area contributed by atoms with Crippen molar-refractivity contribution >= 4 is 12.6 Å². The summed E-state index contributed by atoms with van der Waals surface area (Å²) in [6.45, 7) is 0.807. The molecule has 0 saturated carbocycles. The van der Waals surface area contributed by atoms with Crippen molar-refractivity contribution in [1.29, 1.82) is 0 Å². The van der Waals surface area contributed by atoms with Crippen molar-refractivity contribution in [2.24, 2.45) is 0 Å². The molecule has 76 valence electrons. The second-order valence-corrected chi connectivity index (χ2v) is 3.88. The molecule has 1 atom stereocenters. The maximum absolute atomic E-state index is 9.61. The summed E-state index contributed by atoms with van der Waals surface area (Å²) in [5.74, 6) is 1.42. The molecule has 1 aliphatic rings. The summed E-state index contributed by atoms with van der Waals surface area (Å²) in [5, 5.41) is 9.61. The quantitative estimate of drug-likeness (QED) is 0.731. The first-order valence-electron chi connectivity index (χ1n) is 4.86. The maximum atomic E-state index is 9.61. The highest BCUT2D eigenvalue weighted by molar-refractivity contribution is 7.80. The van der Waals surface area contributed by atoms with Crippen molar-refractivity contribution in [2.75, 3.05) is 12.4 Å². The minimum Gasteiger partial charge on any atom is -0.493 e. The first-order valence-corrected chi connectivity index (χ1v) is 5.49. The van der Waals surface area contributed by atoms with Gasteiger partial charge >= 0.3 is 0 Å². The van der Waals surface area contributed by atoms with Crippen LogP contribution in [0.4, 0.5) is 0 Å². The molecule has 3 heteroatoms. The van der Waals surface area contributed by atoms with Gasteiger partial charge in [0, 0.05) is 5.75 Å². The molecule has 0 aromatic heterocycles. The fourth-order valence-corrected chi connectivity index (χ4v) is 1.90. The van der Waals surface area contributed by atoms with E-state index in [0.29, 0.717) is 5.75 Å². The van der Waals surface area contributed by atoms with Gasteiger partial charge in [0.2, 0.25) is 0 Å². The van der Waals surface area contributed by atoms with Crippen molar-refractivity contribution in [3.05, 3.63) is 29.3 Å². The molecule has 0 bridgehead atoms. The topological polar surface area (TPSA) is 29.5 Å². The van der Waals surface area contributed by atoms with Gasteiger partial charge in [-0.2, -0.15) is 12.6 Å². The molecule has 2 nitrogen and oxygen atoms in total. The first kappa shape index (κ1) is 9.87. The fourth-order valence-electron chi connectivity index (χ4n) is 1.69. The second kappa shape index (κ2) is 4.24. The lowest BCUT2D eigenvalue weighted by molar-refractivity contribution is 0.204. The van der Waals surface area contributed by atoms with Gasteiger partial charge in [0.25, 0.3) is 0 Å². The van der Waals surface area contributed by atoms with E-state index in [4.69, 9.17) is 4.74 Å². The molecular weight excluding hydrogens is 196 g/mol. The average Bonchev–Trinajstić information content (AvgIpc) is 2.27. The fraction of sp³-hybridized carbons (Fsp3) is 0.455. The normalized spacial score (nSPS) is 17.0. The van der Waals surface area contributed by atoms with E-state index in [1.807, 2.05) is 18.2 Å². The van der Waals surface area contributed by atoms with Gasteiger partial charge < -0.3 is 9.84 Å². The average molecular weight is 210 g/mol. The summed E-state index contributed by atoms with van der Waals surface area (Å²) in [7, 11) is 0. The molecule has 1 aliphatic heterocycles. The van der Waals surface area contributed by atoms with Gasteiger partial charge in [-0.3, -0.25) is 0 Å². The molecule has 1 aromatic rings. The van der Waals surface area contributed by atoms with Crippen LogP contribution in [-0.4, -0.2) is 17.5 Å².